The summed E-state index contributed by atoms with van der Waals surface area (Å²) in [6.07, 6.45) is 0. The minimum absolute atomic E-state index is 0.0121. The first-order valence-corrected chi connectivity index (χ1v) is 11.5. The van der Waals surface area contributed by atoms with Gasteiger partial charge in [0.25, 0.3) is 11.8 Å². The van der Waals surface area contributed by atoms with Crippen LogP contribution in [0.3, 0.4) is 0 Å². The van der Waals surface area contributed by atoms with Crippen LogP contribution in [0.2, 0.25) is 5.02 Å². The second-order valence-electron chi connectivity index (χ2n) is 8.47. The molecule has 1 spiro atoms. The first-order chi connectivity index (χ1) is 17.0. The van der Waals surface area contributed by atoms with Crippen molar-refractivity contribution in [3.8, 4) is 0 Å². The highest BCUT2D eigenvalue weighted by atomic mass is 35.5. The number of carbonyl (C=O) groups is 2. The Kier molecular flexibility index (Phi) is 4.86. The number of nitrogens with one attached hydrogen (secondary N) is 1. The fraction of sp³-hybridized carbons (Fsp3) is 0.0714. The Morgan fingerprint density at radius 1 is 0.800 bits per heavy atom. The Balaban J connectivity index is 1.60. The average molecular weight is 484 g/mol. The van der Waals surface area contributed by atoms with Crippen molar-refractivity contribution >= 4 is 40.5 Å². The van der Waals surface area contributed by atoms with Gasteiger partial charge >= 0.3 is 0 Å². The maximum Gasteiger partial charge on any atom is 0.279 e. The van der Waals surface area contributed by atoms with Gasteiger partial charge in [0.1, 0.15) is 5.82 Å². The quantitative estimate of drug-likeness (QED) is 0.391. The lowest BCUT2D eigenvalue weighted by Gasteiger charge is -2.45. The van der Waals surface area contributed by atoms with Crippen molar-refractivity contribution in [3.63, 3.8) is 0 Å². The molecule has 2 aliphatic rings. The van der Waals surface area contributed by atoms with E-state index in [1.807, 2.05) is 18.2 Å². The zero-order valence-corrected chi connectivity index (χ0v) is 19.2. The van der Waals surface area contributed by atoms with E-state index >= 15 is 0 Å². The van der Waals surface area contributed by atoms with Crippen LogP contribution in [-0.2, 0) is 17.0 Å². The Morgan fingerprint density at radius 2 is 1.46 bits per heavy atom. The fourth-order valence-corrected chi connectivity index (χ4v) is 5.17. The molecule has 5 nitrogen and oxygen atoms in total. The predicted octanol–water partition coefficient (Wildman–Crippen LogP) is 5.95. The van der Waals surface area contributed by atoms with Crippen LogP contribution >= 0.6 is 11.6 Å². The summed E-state index contributed by atoms with van der Waals surface area (Å²) in [5, 5.41) is 3.71. The van der Waals surface area contributed by atoms with Gasteiger partial charge in [-0.15, -0.1) is 0 Å². The van der Waals surface area contributed by atoms with Gasteiger partial charge in [-0.3, -0.25) is 14.5 Å². The number of rotatable bonds is 3. The van der Waals surface area contributed by atoms with Crippen molar-refractivity contribution in [2.45, 2.75) is 12.2 Å². The number of nitrogens with zero attached hydrogens (tertiary/aromatic N) is 2. The molecule has 2 amide bonds. The molecule has 0 aliphatic carbocycles. The summed E-state index contributed by atoms with van der Waals surface area (Å²) in [6, 6.07) is 27.6. The molecular formula is C28H19ClFN3O2. The number of anilines is 3. The Labute approximate surface area is 206 Å². The second kappa shape index (κ2) is 7.96. The third-order valence-corrected chi connectivity index (χ3v) is 6.85. The Morgan fingerprint density at radius 3 is 2.26 bits per heavy atom. The minimum Gasteiger partial charge on any atom is -0.350 e. The minimum atomic E-state index is -1.60. The lowest BCUT2D eigenvalue weighted by molar-refractivity contribution is -0.122. The van der Waals surface area contributed by atoms with Gasteiger partial charge in [-0.1, -0.05) is 72.3 Å². The SMILES string of the molecule is O=C1c2ccccc2N[C@]2(C(=O)N(Cc3ccccc3F)c3ccccc32)N1c1ccccc1Cl. The van der Waals surface area contributed by atoms with E-state index in [0.717, 1.165) is 0 Å². The molecule has 0 unspecified atom stereocenters. The summed E-state index contributed by atoms with van der Waals surface area (Å²) in [4.78, 5) is 31.4. The van der Waals surface area contributed by atoms with Crippen molar-refractivity contribution in [2.75, 3.05) is 15.1 Å². The van der Waals surface area contributed by atoms with Gasteiger partial charge in [0, 0.05) is 16.8 Å². The number of amides is 2. The van der Waals surface area contributed by atoms with Gasteiger partial charge in [-0.2, -0.15) is 0 Å². The van der Waals surface area contributed by atoms with E-state index in [1.54, 1.807) is 72.8 Å². The zero-order chi connectivity index (χ0) is 24.2. The van der Waals surface area contributed by atoms with Crippen molar-refractivity contribution in [2.24, 2.45) is 0 Å². The molecule has 0 saturated carbocycles. The zero-order valence-electron chi connectivity index (χ0n) is 18.4. The molecule has 0 radical (unpaired) electrons. The largest absolute Gasteiger partial charge is 0.350 e. The molecule has 2 heterocycles. The van der Waals surface area contributed by atoms with Crippen LogP contribution in [0, 0.1) is 5.82 Å². The summed E-state index contributed by atoms with van der Waals surface area (Å²) < 4.78 is 14.6. The molecule has 4 aromatic rings. The fourth-order valence-electron chi connectivity index (χ4n) is 4.95. The summed E-state index contributed by atoms with van der Waals surface area (Å²) in [5.41, 5.74) is 1.32. The van der Waals surface area contributed by atoms with Crippen molar-refractivity contribution in [1.29, 1.82) is 0 Å². The molecule has 2 aliphatic heterocycles. The van der Waals surface area contributed by atoms with E-state index in [1.165, 1.54) is 15.9 Å². The molecule has 0 saturated heterocycles. The summed E-state index contributed by atoms with van der Waals surface area (Å²) in [6.45, 7) is 0.0121. The van der Waals surface area contributed by atoms with Crippen molar-refractivity contribution in [3.05, 3.63) is 125 Å². The molecule has 35 heavy (non-hydrogen) atoms. The number of halogens is 2. The van der Waals surface area contributed by atoms with E-state index in [9.17, 15) is 14.0 Å². The number of para-hydroxylation sites is 3. The van der Waals surface area contributed by atoms with E-state index in [4.69, 9.17) is 11.6 Å². The third kappa shape index (κ3) is 3.07. The molecule has 6 rings (SSSR count). The van der Waals surface area contributed by atoms with Crippen LogP contribution in [0.1, 0.15) is 21.5 Å². The highest BCUT2D eigenvalue weighted by Crippen LogP contribution is 2.51. The molecule has 0 fully saturated rings. The standard InChI is InChI=1S/C28H19ClFN3O2/c29-21-12-4-8-16-25(21)33-26(34)19-10-2-6-14-23(19)31-28(33)20-11-3-7-15-24(20)32(27(28)35)17-18-9-1-5-13-22(18)30/h1-16,31H,17H2/t28-/m0/s1. The summed E-state index contributed by atoms with van der Waals surface area (Å²) in [5.74, 6) is -1.16. The second-order valence-corrected chi connectivity index (χ2v) is 8.88. The van der Waals surface area contributed by atoms with Crippen LogP contribution in [-0.4, -0.2) is 11.8 Å². The molecule has 0 bridgehead atoms. The van der Waals surface area contributed by atoms with Gasteiger partial charge in [-0.05, 0) is 36.4 Å². The maximum absolute atomic E-state index is 14.6. The first kappa shape index (κ1) is 21.4. The molecule has 0 aromatic heterocycles. The maximum atomic E-state index is 14.6. The van der Waals surface area contributed by atoms with Gasteiger partial charge in [0.05, 0.1) is 28.5 Å². The molecular weight excluding hydrogens is 465 g/mol. The van der Waals surface area contributed by atoms with Crippen LogP contribution in [0.15, 0.2) is 97.1 Å². The molecule has 4 aromatic carbocycles. The topological polar surface area (TPSA) is 52.7 Å². The van der Waals surface area contributed by atoms with Gasteiger partial charge < -0.3 is 10.2 Å². The third-order valence-electron chi connectivity index (χ3n) is 6.53. The number of hydrogen-bond acceptors (Lipinski definition) is 3. The Hall–Kier alpha value is -4.16. The average Bonchev–Trinajstić information content (AvgIpc) is 3.10. The van der Waals surface area contributed by atoms with E-state index in [0.29, 0.717) is 38.8 Å². The molecule has 1 atom stereocenters. The number of fused-ring (bicyclic) bond motifs is 3. The number of benzene rings is 4. The van der Waals surface area contributed by atoms with Crippen LogP contribution in [0.4, 0.5) is 21.5 Å². The van der Waals surface area contributed by atoms with Crippen LogP contribution in [0.5, 0.6) is 0 Å². The summed E-state index contributed by atoms with van der Waals surface area (Å²) >= 11 is 6.58. The van der Waals surface area contributed by atoms with Gasteiger partial charge in [0.15, 0.2) is 0 Å². The monoisotopic (exact) mass is 483 g/mol. The van der Waals surface area contributed by atoms with Crippen LogP contribution < -0.4 is 15.1 Å². The Bertz CT molecular complexity index is 1510. The molecule has 172 valence electrons. The highest BCUT2D eigenvalue weighted by molar-refractivity contribution is 6.35. The van der Waals surface area contributed by atoms with Gasteiger partial charge in [0.2, 0.25) is 5.66 Å². The highest BCUT2D eigenvalue weighted by Gasteiger charge is 2.60. The molecule has 1 N–H and O–H groups in total. The van der Waals surface area contributed by atoms with E-state index in [2.05, 4.69) is 5.32 Å². The van der Waals surface area contributed by atoms with Crippen molar-refractivity contribution < 1.29 is 14.0 Å². The lowest BCUT2D eigenvalue weighted by Crippen LogP contribution is -2.63. The van der Waals surface area contributed by atoms with Crippen LogP contribution in [0.25, 0.3) is 0 Å². The number of hydrogen-bond donors (Lipinski definition) is 1. The first-order valence-electron chi connectivity index (χ1n) is 11.1. The summed E-state index contributed by atoms with van der Waals surface area (Å²) in [7, 11) is 0. The van der Waals surface area contributed by atoms with Crippen molar-refractivity contribution in [1.82, 2.24) is 0 Å². The number of carbonyl (C=O) groups excluding carboxylic acids is 2. The van der Waals surface area contributed by atoms with Gasteiger partial charge in [-0.25, -0.2) is 4.39 Å². The lowest BCUT2D eigenvalue weighted by atomic mass is 9.92. The predicted molar refractivity (Wildman–Crippen MR) is 134 cm³/mol. The molecule has 7 heteroatoms. The smallest absolute Gasteiger partial charge is 0.279 e. The normalized spacial score (nSPS) is 18.5. The van der Waals surface area contributed by atoms with E-state index in [-0.39, 0.29) is 12.5 Å². The van der Waals surface area contributed by atoms with E-state index < -0.39 is 17.4 Å².